The number of hydrogen-bond acceptors (Lipinski definition) is 5. The number of aliphatic hydroxyl groups is 1. The number of rotatable bonds is 8. The van der Waals surface area contributed by atoms with E-state index in [1.54, 1.807) is 0 Å². The van der Waals surface area contributed by atoms with Gasteiger partial charge < -0.3 is 19.3 Å². The predicted molar refractivity (Wildman–Crippen MR) is 81.0 cm³/mol. The Morgan fingerprint density at radius 1 is 1.10 bits per heavy atom. The van der Waals surface area contributed by atoms with Gasteiger partial charge >= 0.3 is 0 Å². The van der Waals surface area contributed by atoms with Crippen LogP contribution in [0.25, 0.3) is 0 Å². The van der Waals surface area contributed by atoms with E-state index < -0.39 is 6.10 Å². The van der Waals surface area contributed by atoms with Crippen LogP contribution in [0.3, 0.4) is 0 Å². The number of benzene rings is 1. The van der Waals surface area contributed by atoms with E-state index >= 15 is 0 Å². The molecule has 1 aliphatic heterocycles. The second kappa shape index (κ2) is 8.22. The summed E-state index contributed by atoms with van der Waals surface area (Å²) in [6.07, 6.45) is -0.480. The summed E-state index contributed by atoms with van der Waals surface area (Å²) in [7, 11) is 0. The molecule has 0 saturated carbocycles. The molecule has 118 valence electrons. The molecule has 1 aliphatic rings. The maximum absolute atomic E-state index is 9.89. The fourth-order valence-corrected chi connectivity index (χ4v) is 2.52. The molecule has 1 aromatic carbocycles. The summed E-state index contributed by atoms with van der Waals surface area (Å²) >= 11 is 0. The van der Waals surface area contributed by atoms with Crippen LogP contribution in [0.4, 0.5) is 0 Å². The summed E-state index contributed by atoms with van der Waals surface area (Å²) in [5, 5.41) is 9.89. The van der Waals surface area contributed by atoms with Crippen LogP contribution >= 0.6 is 0 Å². The van der Waals surface area contributed by atoms with E-state index in [-0.39, 0.29) is 6.10 Å². The van der Waals surface area contributed by atoms with E-state index in [9.17, 15) is 5.11 Å². The van der Waals surface area contributed by atoms with Gasteiger partial charge in [0.25, 0.3) is 0 Å². The van der Waals surface area contributed by atoms with Crippen molar-refractivity contribution in [2.75, 3.05) is 39.5 Å². The van der Waals surface area contributed by atoms with E-state index in [2.05, 4.69) is 4.90 Å². The van der Waals surface area contributed by atoms with Crippen LogP contribution in [0, 0.1) is 0 Å². The number of aliphatic hydroxyl groups excluding tert-OH is 1. The molecule has 5 heteroatoms. The summed E-state index contributed by atoms with van der Waals surface area (Å²) in [5.74, 6) is 1.54. The quantitative estimate of drug-likeness (QED) is 0.788. The molecular formula is C16H25NO4. The van der Waals surface area contributed by atoms with Gasteiger partial charge in [-0.3, -0.25) is 4.90 Å². The molecular weight excluding hydrogens is 270 g/mol. The van der Waals surface area contributed by atoms with Gasteiger partial charge in [0.05, 0.1) is 18.8 Å². The molecule has 0 radical (unpaired) electrons. The van der Waals surface area contributed by atoms with Crippen LogP contribution in [-0.4, -0.2) is 61.7 Å². The lowest BCUT2D eigenvalue weighted by Crippen LogP contribution is -2.28. The van der Waals surface area contributed by atoms with Crippen LogP contribution in [0.2, 0.25) is 0 Å². The third kappa shape index (κ3) is 4.59. The van der Waals surface area contributed by atoms with Crippen LogP contribution in [-0.2, 0) is 4.74 Å². The van der Waals surface area contributed by atoms with Crippen molar-refractivity contribution in [1.82, 2.24) is 4.90 Å². The SMILES string of the molecule is CCOc1ccccc1OCCN1C[C@H](OCC)[C@@H](O)C1. The molecule has 0 aliphatic carbocycles. The first-order chi connectivity index (χ1) is 10.2. The molecule has 0 bridgehead atoms. The Hall–Kier alpha value is -1.30. The molecule has 1 aromatic rings. The van der Waals surface area contributed by atoms with E-state index in [4.69, 9.17) is 14.2 Å². The number of β-amino-alcohol motifs (C(OH)–C–C–N with tert-alkyl or cyclic N) is 1. The topological polar surface area (TPSA) is 51.2 Å². The van der Waals surface area contributed by atoms with E-state index in [1.165, 1.54) is 0 Å². The molecule has 1 heterocycles. The Kier molecular flexibility index (Phi) is 6.29. The van der Waals surface area contributed by atoms with Crippen molar-refractivity contribution in [2.45, 2.75) is 26.1 Å². The van der Waals surface area contributed by atoms with E-state index in [1.807, 2.05) is 38.1 Å². The minimum atomic E-state index is -0.402. The van der Waals surface area contributed by atoms with Crippen molar-refractivity contribution in [1.29, 1.82) is 0 Å². The van der Waals surface area contributed by atoms with Crippen LogP contribution in [0.5, 0.6) is 11.5 Å². The fourth-order valence-electron chi connectivity index (χ4n) is 2.52. The number of hydrogen-bond donors (Lipinski definition) is 1. The zero-order chi connectivity index (χ0) is 15.1. The summed E-state index contributed by atoms with van der Waals surface area (Å²) in [4.78, 5) is 2.16. The Morgan fingerprint density at radius 2 is 1.81 bits per heavy atom. The van der Waals surface area contributed by atoms with Gasteiger partial charge in [0.1, 0.15) is 6.61 Å². The zero-order valence-electron chi connectivity index (χ0n) is 12.8. The molecule has 1 saturated heterocycles. The second-order valence-electron chi connectivity index (χ2n) is 5.05. The lowest BCUT2D eigenvalue weighted by molar-refractivity contribution is -0.00245. The maximum Gasteiger partial charge on any atom is 0.161 e. The van der Waals surface area contributed by atoms with Crippen molar-refractivity contribution in [3.05, 3.63) is 24.3 Å². The molecule has 1 fully saturated rings. The van der Waals surface area contributed by atoms with Gasteiger partial charge in [-0.25, -0.2) is 0 Å². The molecule has 21 heavy (non-hydrogen) atoms. The number of nitrogens with zero attached hydrogens (tertiary/aromatic N) is 1. The van der Waals surface area contributed by atoms with Gasteiger partial charge in [0, 0.05) is 26.2 Å². The summed E-state index contributed by atoms with van der Waals surface area (Å²) in [6.45, 7) is 7.88. The van der Waals surface area contributed by atoms with Gasteiger partial charge in [-0.1, -0.05) is 12.1 Å². The van der Waals surface area contributed by atoms with Crippen molar-refractivity contribution in [3.8, 4) is 11.5 Å². The second-order valence-corrected chi connectivity index (χ2v) is 5.05. The van der Waals surface area contributed by atoms with Crippen molar-refractivity contribution >= 4 is 0 Å². The van der Waals surface area contributed by atoms with E-state index in [0.29, 0.717) is 26.4 Å². The smallest absolute Gasteiger partial charge is 0.161 e. The molecule has 0 aromatic heterocycles. The molecule has 2 atom stereocenters. The van der Waals surface area contributed by atoms with Crippen LogP contribution in [0.1, 0.15) is 13.8 Å². The lowest BCUT2D eigenvalue weighted by Gasteiger charge is -2.17. The highest BCUT2D eigenvalue weighted by atomic mass is 16.5. The Labute approximate surface area is 126 Å². The Morgan fingerprint density at radius 3 is 2.48 bits per heavy atom. The molecule has 0 spiro atoms. The summed E-state index contributed by atoms with van der Waals surface area (Å²) in [6, 6.07) is 7.68. The highest BCUT2D eigenvalue weighted by Gasteiger charge is 2.31. The standard InChI is InChI=1S/C16H25NO4/c1-3-19-14-7-5-6-8-15(14)21-10-9-17-11-13(18)16(12-17)20-4-2/h5-8,13,16,18H,3-4,9-12H2,1-2H3/t13-,16-/m0/s1. The average molecular weight is 295 g/mol. The minimum Gasteiger partial charge on any atom is -0.490 e. The molecule has 2 rings (SSSR count). The van der Waals surface area contributed by atoms with Crippen LogP contribution in [0.15, 0.2) is 24.3 Å². The predicted octanol–water partition coefficient (Wildman–Crippen LogP) is 1.55. The number of ether oxygens (including phenoxy) is 3. The van der Waals surface area contributed by atoms with Gasteiger partial charge in [-0.05, 0) is 26.0 Å². The van der Waals surface area contributed by atoms with Gasteiger partial charge in [-0.15, -0.1) is 0 Å². The molecule has 0 unspecified atom stereocenters. The number of likely N-dealkylation sites (tertiary alicyclic amines) is 1. The number of para-hydroxylation sites is 2. The first-order valence-electron chi connectivity index (χ1n) is 7.61. The summed E-state index contributed by atoms with van der Waals surface area (Å²) in [5.41, 5.74) is 0. The molecule has 0 amide bonds. The molecule has 1 N–H and O–H groups in total. The Bertz CT molecular complexity index is 426. The third-order valence-electron chi connectivity index (χ3n) is 3.51. The first-order valence-corrected chi connectivity index (χ1v) is 7.61. The zero-order valence-corrected chi connectivity index (χ0v) is 12.8. The first kappa shape index (κ1) is 16.1. The average Bonchev–Trinajstić information content (AvgIpc) is 2.82. The lowest BCUT2D eigenvalue weighted by atomic mass is 10.3. The molecule has 5 nitrogen and oxygen atoms in total. The van der Waals surface area contributed by atoms with E-state index in [0.717, 1.165) is 24.6 Å². The van der Waals surface area contributed by atoms with Crippen LogP contribution < -0.4 is 9.47 Å². The highest BCUT2D eigenvalue weighted by molar-refractivity contribution is 5.39. The fraction of sp³-hybridized carbons (Fsp3) is 0.625. The van der Waals surface area contributed by atoms with Gasteiger partial charge in [0.15, 0.2) is 11.5 Å². The van der Waals surface area contributed by atoms with Gasteiger partial charge in [-0.2, -0.15) is 0 Å². The minimum absolute atomic E-state index is 0.0780. The van der Waals surface area contributed by atoms with Gasteiger partial charge in [0.2, 0.25) is 0 Å². The largest absolute Gasteiger partial charge is 0.490 e. The highest BCUT2D eigenvalue weighted by Crippen LogP contribution is 2.26. The maximum atomic E-state index is 9.89. The summed E-state index contributed by atoms with van der Waals surface area (Å²) < 4.78 is 16.8. The van der Waals surface area contributed by atoms with Crippen molar-refractivity contribution < 1.29 is 19.3 Å². The normalized spacial score (nSPS) is 22.4. The Balaban J connectivity index is 1.77. The van der Waals surface area contributed by atoms with Crippen molar-refractivity contribution in [2.24, 2.45) is 0 Å². The third-order valence-corrected chi connectivity index (χ3v) is 3.51. The van der Waals surface area contributed by atoms with Crippen molar-refractivity contribution in [3.63, 3.8) is 0 Å². The monoisotopic (exact) mass is 295 g/mol.